The van der Waals surface area contributed by atoms with Crippen LogP contribution in [0.1, 0.15) is 26.2 Å². The van der Waals surface area contributed by atoms with Crippen molar-refractivity contribution in [3.05, 3.63) is 17.5 Å². The quantitative estimate of drug-likeness (QED) is 0.165. The second-order valence-corrected chi connectivity index (χ2v) is 9.64. The van der Waals surface area contributed by atoms with Crippen LogP contribution in [0.3, 0.4) is 0 Å². The Morgan fingerprint density at radius 2 is 2.14 bits per heavy atom. The van der Waals surface area contributed by atoms with Crippen LogP contribution < -0.4 is 15.4 Å². The van der Waals surface area contributed by atoms with Gasteiger partial charge in [0.05, 0.1) is 6.54 Å². The molecule has 0 saturated carbocycles. The number of likely N-dealkylation sites (tertiary alicyclic amines) is 1. The molecule has 0 radical (unpaired) electrons. The van der Waals surface area contributed by atoms with E-state index in [0.29, 0.717) is 16.8 Å². The molecule has 2 rings (SSSR count). The summed E-state index contributed by atoms with van der Waals surface area (Å²) in [5, 5.41) is 8.48. The monoisotopic (exact) mass is 559 g/mol. The first-order valence-electron chi connectivity index (χ1n) is 9.84. The van der Waals surface area contributed by atoms with Gasteiger partial charge in [-0.2, -0.15) is 0 Å². The molecule has 1 saturated heterocycles. The Bertz CT molecular complexity index is 678. The molecule has 2 heterocycles. The normalized spacial score (nSPS) is 16.4. The van der Waals surface area contributed by atoms with Crippen LogP contribution in [0.4, 0.5) is 0 Å². The lowest BCUT2D eigenvalue weighted by Gasteiger charge is -2.33. The fourth-order valence-corrected chi connectivity index (χ4v) is 5.14. The second kappa shape index (κ2) is 14.5. The summed E-state index contributed by atoms with van der Waals surface area (Å²) in [7, 11) is -1.69. The number of guanidine groups is 1. The zero-order chi connectivity index (χ0) is 20.2. The molecule has 1 aliphatic rings. The SMILES string of the molecule is CCNC(=NCCNS(=O)(=O)c1cccs1)NC1CCN(CCCOC)CC1.I. The largest absolute Gasteiger partial charge is 0.385 e. The van der Waals surface area contributed by atoms with Crippen molar-refractivity contribution in [2.75, 3.05) is 53.0 Å². The van der Waals surface area contributed by atoms with Gasteiger partial charge in [-0.25, -0.2) is 13.1 Å². The highest BCUT2D eigenvalue weighted by atomic mass is 127. The summed E-state index contributed by atoms with van der Waals surface area (Å²) in [6.07, 6.45) is 3.21. The lowest BCUT2D eigenvalue weighted by Crippen LogP contribution is -2.49. The number of nitrogens with one attached hydrogen (secondary N) is 3. The molecular weight excluding hydrogens is 525 g/mol. The van der Waals surface area contributed by atoms with Gasteiger partial charge < -0.3 is 20.3 Å². The summed E-state index contributed by atoms with van der Waals surface area (Å²) in [6, 6.07) is 3.72. The summed E-state index contributed by atoms with van der Waals surface area (Å²) < 4.78 is 32.3. The average Bonchev–Trinajstić information content (AvgIpc) is 3.23. The Kier molecular flexibility index (Phi) is 13.3. The number of thiophene rings is 1. The molecule has 0 spiro atoms. The number of hydrogen-bond acceptors (Lipinski definition) is 6. The van der Waals surface area contributed by atoms with E-state index in [4.69, 9.17) is 4.74 Å². The number of aliphatic imine (C=N–C) groups is 1. The van der Waals surface area contributed by atoms with Gasteiger partial charge in [0, 0.05) is 52.5 Å². The minimum atomic E-state index is -3.43. The predicted octanol–water partition coefficient (Wildman–Crippen LogP) is 1.70. The highest BCUT2D eigenvalue weighted by Crippen LogP contribution is 2.14. The first kappa shape index (κ1) is 26.6. The lowest BCUT2D eigenvalue weighted by molar-refractivity contribution is 0.155. The summed E-state index contributed by atoms with van der Waals surface area (Å²) >= 11 is 1.21. The van der Waals surface area contributed by atoms with Crippen molar-refractivity contribution in [2.24, 2.45) is 4.99 Å². The number of piperidine rings is 1. The molecule has 1 aromatic heterocycles. The number of sulfonamides is 1. The highest BCUT2D eigenvalue weighted by molar-refractivity contribution is 14.0. The number of ether oxygens (including phenoxy) is 1. The van der Waals surface area contributed by atoms with Gasteiger partial charge in [0.15, 0.2) is 5.96 Å². The Hall–Kier alpha value is -0.470. The van der Waals surface area contributed by atoms with E-state index in [2.05, 4.69) is 25.2 Å². The van der Waals surface area contributed by atoms with Crippen LogP contribution in [-0.4, -0.2) is 78.3 Å². The maximum absolute atomic E-state index is 12.1. The molecule has 29 heavy (non-hydrogen) atoms. The summed E-state index contributed by atoms with van der Waals surface area (Å²) in [5.41, 5.74) is 0. The molecule has 0 atom stereocenters. The third-order valence-electron chi connectivity index (χ3n) is 4.53. The van der Waals surface area contributed by atoms with E-state index in [1.165, 1.54) is 11.3 Å². The van der Waals surface area contributed by atoms with Gasteiger partial charge in [-0.15, -0.1) is 35.3 Å². The number of hydrogen-bond donors (Lipinski definition) is 3. The highest BCUT2D eigenvalue weighted by Gasteiger charge is 2.19. The zero-order valence-corrected chi connectivity index (χ0v) is 21.2. The van der Waals surface area contributed by atoms with E-state index < -0.39 is 10.0 Å². The number of nitrogens with zero attached hydrogens (tertiary/aromatic N) is 2. The minimum absolute atomic E-state index is 0. The van der Waals surface area contributed by atoms with Crippen molar-refractivity contribution < 1.29 is 13.2 Å². The van der Waals surface area contributed by atoms with E-state index in [9.17, 15) is 8.42 Å². The molecule has 0 aliphatic carbocycles. The molecule has 0 aromatic carbocycles. The van der Waals surface area contributed by atoms with Gasteiger partial charge in [-0.3, -0.25) is 4.99 Å². The molecule has 0 amide bonds. The van der Waals surface area contributed by atoms with Crippen LogP contribution >= 0.6 is 35.3 Å². The Morgan fingerprint density at radius 3 is 2.76 bits per heavy atom. The minimum Gasteiger partial charge on any atom is -0.385 e. The van der Waals surface area contributed by atoms with Crippen LogP contribution in [0.2, 0.25) is 0 Å². The zero-order valence-electron chi connectivity index (χ0n) is 17.2. The molecule has 0 bridgehead atoms. The van der Waals surface area contributed by atoms with E-state index in [1.54, 1.807) is 24.6 Å². The molecule has 1 aliphatic heterocycles. The van der Waals surface area contributed by atoms with Gasteiger partial charge in [-0.1, -0.05) is 6.07 Å². The van der Waals surface area contributed by atoms with Crippen molar-refractivity contribution in [3.63, 3.8) is 0 Å². The lowest BCUT2D eigenvalue weighted by atomic mass is 10.1. The Morgan fingerprint density at radius 1 is 1.38 bits per heavy atom. The summed E-state index contributed by atoms with van der Waals surface area (Å²) in [6.45, 7) is 7.48. The molecule has 11 heteroatoms. The van der Waals surface area contributed by atoms with Gasteiger partial charge in [0.2, 0.25) is 10.0 Å². The molecular formula is C18H34IN5O3S2. The van der Waals surface area contributed by atoms with E-state index >= 15 is 0 Å². The molecule has 1 fully saturated rings. The number of halogens is 1. The molecule has 3 N–H and O–H groups in total. The van der Waals surface area contributed by atoms with E-state index in [1.807, 2.05) is 6.92 Å². The summed E-state index contributed by atoms with van der Waals surface area (Å²) in [4.78, 5) is 6.99. The fraction of sp³-hybridized carbons (Fsp3) is 0.722. The Balaban J connectivity index is 0.00000420. The van der Waals surface area contributed by atoms with Crippen LogP contribution in [0, 0.1) is 0 Å². The first-order valence-corrected chi connectivity index (χ1v) is 12.2. The van der Waals surface area contributed by atoms with Crippen LogP contribution in [-0.2, 0) is 14.8 Å². The molecule has 0 unspecified atom stereocenters. The standard InChI is InChI=1S/C18H33N5O3S2.HI/c1-3-19-18(20-9-10-21-28(24,25)17-6-4-15-27-17)22-16-7-12-23(13-8-16)11-5-14-26-2;/h4,6,15-16,21H,3,5,7-14H2,1-2H3,(H2,19,20,22);1H. The Labute approximate surface area is 195 Å². The smallest absolute Gasteiger partial charge is 0.250 e. The van der Waals surface area contributed by atoms with Gasteiger partial charge in [0.25, 0.3) is 0 Å². The van der Waals surface area contributed by atoms with Crippen molar-refractivity contribution in [1.29, 1.82) is 0 Å². The van der Waals surface area contributed by atoms with Crippen molar-refractivity contribution in [1.82, 2.24) is 20.3 Å². The van der Waals surface area contributed by atoms with Crippen LogP contribution in [0.5, 0.6) is 0 Å². The predicted molar refractivity (Wildman–Crippen MR) is 130 cm³/mol. The maximum Gasteiger partial charge on any atom is 0.250 e. The van der Waals surface area contributed by atoms with Crippen LogP contribution in [0.25, 0.3) is 0 Å². The fourth-order valence-electron chi connectivity index (χ4n) is 3.08. The third-order valence-corrected chi connectivity index (χ3v) is 7.39. The topological polar surface area (TPSA) is 95.1 Å². The van der Waals surface area contributed by atoms with Crippen molar-refractivity contribution in [2.45, 2.75) is 36.4 Å². The van der Waals surface area contributed by atoms with E-state index in [0.717, 1.165) is 58.0 Å². The third kappa shape index (κ3) is 9.92. The molecule has 168 valence electrons. The van der Waals surface area contributed by atoms with E-state index in [-0.39, 0.29) is 30.5 Å². The second-order valence-electron chi connectivity index (χ2n) is 6.70. The van der Waals surface area contributed by atoms with Gasteiger partial charge >= 0.3 is 0 Å². The van der Waals surface area contributed by atoms with Crippen LogP contribution in [0.15, 0.2) is 26.7 Å². The molecule has 8 nitrogen and oxygen atoms in total. The number of rotatable bonds is 11. The average molecular weight is 560 g/mol. The first-order chi connectivity index (χ1) is 13.5. The molecule has 1 aromatic rings. The van der Waals surface area contributed by atoms with Gasteiger partial charge in [-0.05, 0) is 37.6 Å². The van der Waals surface area contributed by atoms with Crippen molar-refractivity contribution in [3.8, 4) is 0 Å². The number of methoxy groups -OCH3 is 1. The van der Waals surface area contributed by atoms with Crippen molar-refractivity contribution >= 4 is 51.3 Å². The maximum atomic E-state index is 12.1. The van der Waals surface area contributed by atoms with Gasteiger partial charge in [0.1, 0.15) is 4.21 Å². The summed E-state index contributed by atoms with van der Waals surface area (Å²) in [5.74, 6) is 0.746.